The van der Waals surface area contributed by atoms with Crippen molar-refractivity contribution in [1.82, 2.24) is 19.5 Å². The van der Waals surface area contributed by atoms with Crippen molar-refractivity contribution in [2.45, 2.75) is 31.1 Å². The molecule has 3 aromatic heterocycles. The molecule has 1 unspecified atom stereocenters. The second-order valence-corrected chi connectivity index (χ2v) is 6.54. The number of rotatable bonds is 5. The molecule has 1 saturated heterocycles. The van der Waals surface area contributed by atoms with Crippen molar-refractivity contribution < 1.29 is 20.1 Å². The summed E-state index contributed by atoms with van der Waals surface area (Å²) in [6.45, 7) is 0.222. The molecule has 1 aliphatic heterocycles. The van der Waals surface area contributed by atoms with Crippen LogP contribution in [-0.2, 0) is 11.3 Å². The molecule has 9 nitrogen and oxygen atoms in total. The van der Waals surface area contributed by atoms with Crippen LogP contribution in [0.3, 0.4) is 0 Å². The molecule has 25 heavy (non-hydrogen) atoms. The highest BCUT2D eigenvalue weighted by molar-refractivity contribution is 7.07. The molecular formula is C15H17N5O4S. The Bertz CT molecular complexity index is 855. The van der Waals surface area contributed by atoms with Gasteiger partial charge < -0.3 is 25.4 Å². The molecule has 0 bridgehead atoms. The third-order valence-corrected chi connectivity index (χ3v) is 4.92. The lowest BCUT2D eigenvalue weighted by Gasteiger charge is -2.16. The summed E-state index contributed by atoms with van der Waals surface area (Å²) in [5, 5.41) is 36.6. The standard InChI is InChI=1S/C15H17N5O4S/c21-4-9-11(22)12(23)15(24-9)20-7-19-10-13(17-6-18-14(10)20)16-3-8-1-2-25-5-8/h1-2,5-7,9,11-12,15,21-23H,3-4H2,(H,16,17,18)/t9-,11?,12+,15-/m1/s1. The minimum Gasteiger partial charge on any atom is -0.394 e. The van der Waals surface area contributed by atoms with E-state index in [1.165, 1.54) is 17.2 Å². The molecule has 1 fully saturated rings. The summed E-state index contributed by atoms with van der Waals surface area (Å²) in [6, 6.07) is 2.02. The number of imidazole rings is 1. The molecule has 1 aliphatic rings. The summed E-state index contributed by atoms with van der Waals surface area (Å²) in [4.78, 5) is 12.8. The van der Waals surface area contributed by atoms with Gasteiger partial charge in [0.05, 0.1) is 12.9 Å². The van der Waals surface area contributed by atoms with E-state index < -0.39 is 24.5 Å². The molecule has 4 N–H and O–H groups in total. The van der Waals surface area contributed by atoms with Crippen molar-refractivity contribution in [2.75, 3.05) is 11.9 Å². The van der Waals surface area contributed by atoms with Gasteiger partial charge in [0.2, 0.25) is 0 Å². The van der Waals surface area contributed by atoms with Crippen LogP contribution in [-0.4, -0.2) is 59.8 Å². The second kappa shape index (κ2) is 6.65. The van der Waals surface area contributed by atoms with Crippen LogP contribution in [0.5, 0.6) is 0 Å². The number of fused-ring (bicyclic) bond motifs is 1. The second-order valence-electron chi connectivity index (χ2n) is 5.76. The van der Waals surface area contributed by atoms with Crippen LogP contribution in [0.2, 0.25) is 0 Å². The average molecular weight is 363 g/mol. The van der Waals surface area contributed by atoms with Crippen molar-refractivity contribution in [3.8, 4) is 0 Å². The number of aliphatic hydroxyl groups is 3. The maximum absolute atomic E-state index is 10.2. The van der Waals surface area contributed by atoms with Crippen LogP contribution in [0.4, 0.5) is 5.82 Å². The number of nitrogens with zero attached hydrogens (tertiary/aromatic N) is 4. The highest BCUT2D eigenvalue weighted by atomic mass is 32.1. The number of thiophene rings is 1. The van der Waals surface area contributed by atoms with Gasteiger partial charge in [-0.25, -0.2) is 15.0 Å². The number of ether oxygens (including phenoxy) is 1. The minimum absolute atomic E-state index is 0.385. The molecule has 0 radical (unpaired) electrons. The quantitative estimate of drug-likeness (QED) is 0.503. The van der Waals surface area contributed by atoms with E-state index >= 15 is 0 Å². The summed E-state index contributed by atoms with van der Waals surface area (Å²) in [6.07, 6.45) is -1.21. The smallest absolute Gasteiger partial charge is 0.167 e. The van der Waals surface area contributed by atoms with Gasteiger partial charge in [-0.2, -0.15) is 11.3 Å². The molecule has 4 atom stereocenters. The highest BCUT2D eigenvalue weighted by Crippen LogP contribution is 2.32. The van der Waals surface area contributed by atoms with Crippen molar-refractivity contribution in [3.05, 3.63) is 35.0 Å². The molecule has 10 heteroatoms. The van der Waals surface area contributed by atoms with Crippen molar-refractivity contribution in [2.24, 2.45) is 0 Å². The van der Waals surface area contributed by atoms with Gasteiger partial charge in [0, 0.05) is 6.54 Å². The van der Waals surface area contributed by atoms with E-state index in [1.807, 2.05) is 16.8 Å². The van der Waals surface area contributed by atoms with Crippen molar-refractivity contribution >= 4 is 28.3 Å². The molecule has 4 heterocycles. The molecule has 0 aliphatic carbocycles. The Balaban J connectivity index is 1.63. The van der Waals surface area contributed by atoms with E-state index in [4.69, 9.17) is 4.74 Å². The monoisotopic (exact) mass is 363 g/mol. The SMILES string of the molecule is OC[C@H]1O[C@@H](n2cnc3c(NCc4ccsc4)ncnc32)[C@@H](O)C1O. The summed E-state index contributed by atoms with van der Waals surface area (Å²) < 4.78 is 7.08. The zero-order chi connectivity index (χ0) is 17.4. The number of aliphatic hydroxyl groups excluding tert-OH is 3. The Kier molecular flexibility index (Phi) is 4.36. The van der Waals surface area contributed by atoms with Gasteiger partial charge in [-0.1, -0.05) is 0 Å². The lowest BCUT2D eigenvalue weighted by molar-refractivity contribution is -0.0511. The van der Waals surface area contributed by atoms with Gasteiger partial charge in [0.1, 0.15) is 24.6 Å². The molecule has 0 saturated carbocycles. The van der Waals surface area contributed by atoms with E-state index in [1.54, 1.807) is 11.3 Å². The number of hydrogen-bond acceptors (Lipinski definition) is 9. The number of aromatic nitrogens is 4. The van der Waals surface area contributed by atoms with Crippen LogP contribution in [0.15, 0.2) is 29.5 Å². The van der Waals surface area contributed by atoms with Gasteiger partial charge in [0.15, 0.2) is 23.2 Å². The maximum Gasteiger partial charge on any atom is 0.167 e. The summed E-state index contributed by atoms with van der Waals surface area (Å²) >= 11 is 1.62. The predicted octanol–water partition coefficient (Wildman–Crippen LogP) is 0.111. The largest absolute Gasteiger partial charge is 0.394 e. The van der Waals surface area contributed by atoms with E-state index in [0.717, 1.165) is 5.56 Å². The summed E-state index contributed by atoms with van der Waals surface area (Å²) in [7, 11) is 0. The fourth-order valence-corrected chi connectivity index (χ4v) is 3.52. The highest BCUT2D eigenvalue weighted by Gasteiger charge is 2.44. The zero-order valence-electron chi connectivity index (χ0n) is 13.1. The number of hydrogen-bond donors (Lipinski definition) is 4. The Morgan fingerprint density at radius 2 is 2.12 bits per heavy atom. The predicted molar refractivity (Wildman–Crippen MR) is 90.0 cm³/mol. The van der Waals surface area contributed by atoms with Gasteiger partial charge >= 0.3 is 0 Å². The lowest BCUT2D eigenvalue weighted by atomic mass is 10.1. The van der Waals surface area contributed by atoms with E-state index in [2.05, 4.69) is 20.3 Å². The Morgan fingerprint density at radius 3 is 2.84 bits per heavy atom. The average Bonchev–Trinajstić information content (AvgIpc) is 3.34. The van der Waals surface area contributed by atoms with Crippen LogP contribution in [0, 0.1) is 0 Å². The van der Waals surface area contributed by atoms with Crippen LogP contribution >= 0.6 is 11.3 Å². The van der Waals surface area contributed by atoms with Crippen LogP contribution < -0.4 is 5.32 Å². The third kappa shape index (κ3) is 2.87. The summed E-state index contributed by atoms with van der Waals surface area (Å²) in [5.41, 5.74) is 2.15. The van der Waals surface area contributed by atoms with Gasteiger partial charge in [-0.15, -0.1) is 0 Å². The maximum atomic E-state index is 10.2. The van der Waals surface area contributed by atoms with Crippen LogP contribution in [0.25, 0.3) is 11.2 Å². The normalized spacial score (nSPS) is 26.4. The van der Waals surface area contributed by atoms with Gasteiger partial charge in [-0.3, -0.25) is 4.57 Å². The molecule has 132 valence electrons. The van der Waals surface area contributed by atoms with Crippen molar-refractivity contribution in [1.29, 1.82) is 0 Å². The molecular weight excluding hydrogens is 346 g/mol. The molecule has 0 aromatic carbocycles. The first-order valence-electron chi connectivity index (χ1n) is 7.74. The Hall–Kier alpha value is -2.11. The van der Waals surface area contributed by atoms with Gasteiger partial charge in [-0.05, 0) is 22.4 Å². The minimum atomic E-state index is -1.19. The first-order valence-corrected chi connectivity index (χ1v) is 8.68. The van der Waals surface area contributed by atoms with E-state index in [-0.39, 0.29) is 6.61 Å². The Morgan fingerprint density at radius 1 is 1.24 bits per heavy atom. The molecule has 0 amide bonds. The van der Waals surface area contributed by atoms with Crippen molar-refractivity contribution in [3.63, 3.8) is 0 Å². The van der Waals surface area contributed by atoms with Gasteiger partial charge in [0.25, 0.3) is 0 Å². The first kappa shape index (κ1) is 16.4. The first-order chi connectivity index (χ1) is 12.2. The molecule has 0 spiro atoms. The summed E-state index contributed by atoms with van der Waals surface area (Å²) in [5.74, 6) is 0.571. The number of anilines is 1. The van der Waals surface area contributed by atoms with E-state index in [0.29, 0.717) is 23.5 Å². The third-order valence-electron chi connectivity index (χ3n) is 4.19. The molecule has 4 rings (SSSR count). The zero-order valence-corrected chi connectivity index (χ0v) is 13.9. The number of nitrogens with one attached hydrogen (secondary N) is 1. The topological polar surface area (TPSA) is 126 Å². The van der Waals surface area contributed by atoms with Crippen LogP contribution in [0.1, 0.15) is 11.8 Å². The van der Waals surface area contributed by atoms with E-state index in [9.17, 15) is 15.3 Å². The lowest BCUT2D eigenvalue weighted by Crippen LogP contribution is -2.33. The fourth-order valence-electron chi connectivity index (χ4n) is 2.86. The molecule has 3 aromatic rings. The Labute approximate surface area is 146 Å². The fraction of sp³-hybridized carbons (Fsp3) is 0.400.